The Bertz CT molecular complexity index is 1020. The predicted molar refractivity (Wildman–Crippen MR) is 127 cm³/mol. The number of nitrogens with one attached hydrogen (secondary N) is 1. The molecule has 1 saturated heterocycles. The van der Waals surface area contributed by atoms with E-state index in [-0.39, 0.29) is 18.2 Å². The van der Waals surface area contributed by atoms with Crippen molar-refractivity contribution >= 4 is 25.4 Å². The van der Waals surface area contributed by atoms with Crippen molar-refractivity contribution in [1.29, 1.82) is 0 Å². The molecular formula is C23H30F4N4O2Si. The maximum atomic E-state index is 14.0. The maximum absolute atomic E-state index is 14.0. The number of hydrogen-bond donors (Lipinski definition) is 1. The molecule has 0 saturated carbocycles. The van der Waals surface area contributed by atoms with Crippen LogP contribution < -0.4 is 15.0 Å². The van der Waals surface area contributed by atoms with E-state index in [4.69, 9.17) is 4.74 Å². The van der Waals surface area contributed by atoms with Gasteiger partial charge in [0.25, 0.3) is 5.91 Å². The molecular weight excluding hydrogens is 468 g/mol. The molecule has 0 spiro atoms. The van der Waals surface area contributed by atoms with Gasteiger partial charge >= 0.3 is 6.18 Å². The van der Waals surface area contributed by atoms with E-state index in [1.54, 1.807) is 0 Å². The summed E-state index contributed by atoms with van der Waals surface area (Å²) in [5, 5.41) is 2.52. The number of ether oxygens (including phenoxy) is 1. The summed E-state index contributed by atoms with van der Waals surface area (Å²) in [6, 6.07) is 5.31. The van der Waals surface area contributed by atoms with Crippen LogP contribution in [0.25, 0.3) is 0 Å². The van der Waals surface area contributed by atoms with Crippen molar-refractivity contribution < 1.29 is 27.1 Å². The molecule has 1 aromatic heterocycles. The first-order chi connectivity index (χ1) is 15.8. The summed E-state index contributed by atoms with van der Waals surface area (Å²) in [5.74, 6) is -1.65. The Kier molecular flexibility index (Phi) is 7.86. The van der Waals surface area contributed by atoms with E-state index >= 15 is 0 Å². The number of rotatable bonds is 7. The first-order valence-electron chi connectivity index (χ1n) is 11.1. The SMILES string of the molecule is CN1CCN(c2cc(F)ccc2NC(=O)c2cnc(OCC[Si](C)(C)C)cc2C(F)(F)F)CC1. The van der Waals surface area contributed by atoms with E-state index in [0.717, 1.165) is 37.5 Å². The second-order valence-electron chi connectivity index (χ2n) is 9.63. The Hall–Kier alpha value is -2.66. The molecule has 11 heteroatoms. The number of pyridine rings is 1. The third-order valence-electron chi connectivity index (χ3n) is 5.58. The van der Waals surface area contributed by atoms with Crippen molar-refractivity contribution in [2.75, 3.05) is 50.1 Å². The lowest BCUT2D eigenvalue weighted by atomic mass is 10.1. The van der Waals surface area contributed by atoms with Crippen LogP contribution in [-0.4, -0.2) is 63.7 Å². The summed E-state index contributed by atoms with van der Waals surface area (Å²) in [6.07, 6.45) is -3.91. The lowest BCUT2D eigenvalue weighted by Crippen LogP contribution is -2.44. The summed E-state index contributed by atoms with van der Waals surface area (Å²) in [5.41, 5.74) is -1.10. The lowest BCUT2D eigenvalue weighted by molar-refractivity contribution is -0.138. The first-order valence-corrected chi connectivity index (χ1v) is 14.8. The Morgan fingerprint density at radius 3 is 2.44 bits per heavy atom. The number of carbonyl (C=O) groups is 1. The molecule has 6 nitrogen and oxygen atoms in total. The van der Waals surface area contributed by atoms with Crippen molar-refractivity contribution in [3.8, 4) is 5.88 Å². The highest BCUT2D eigenvalue weighted by Gasteiger charge is 2.36. The summed E-state index contributed by atoms with van der Waals surface area (Å²) in [6.45, 7) is 9.33. The number of alkyl halides is 3. The summed E-state index contributed by atoms with van der Waals surface area (Å²) in [4.78, 5) is 20.8. The largest absolute Gasteiger partial charge is 0.478 e. The van der Waals surface area contributed by atoms with Gasteiger partial charge in [-0.3, -0.25) is 4.79 Å². The summed E-state index contributed by atoms with van der Waals surface area (Å²) >= 11 is 0. The Balaban J connectivity index is 1.84. The molecule has 0 unspecified atom stereocenters. The number of likely N-dealkylation sites (N-methyl/N-ethyl adjacent to an activating group) is 1. The Labute approximate surface area is 197 Å². The minimum absolute atomic E-state index is 0.179. The first kappa shape index (κ1) is 26.0. The molecule has 34 heavy (non-hydrogen) atoms. The molecule has 1 aliphatic rings. The maximum Gasteiger partial charge on any atom is 0.417 e. The fourth-order valence-corrected chi connectivity index (χ4v) is 4.22. The number of hydrogen-bond acceptors (Lipinski definition) is 5. The molecule has 0 aliphatic carbocycles. The molecule has 0 atom stereocenters. The smallest absolute Gasteiger partial charge is 0.417 e. The zero-order valence-corrected chi connectivity index (χ0v) is 20.8. The molecule has 0 radical (unpaired) electrons. The fourth-order valence-electron chi connectivity index (χ4n) is 3.50. The van der Waals surface area contributed by atoms with E-state index in [1.807, 2.05) is 11.9 Å². The van der Waals surface area contributed by atoms with Crippen molar-refractivity contribution in [1.82, 2.24) is 9.88 Å². The molecule has 1 fully saturated rings. The summed E-state index contributed by atoms with van der Waals surface area (Å²) < 4.78 is 60.7. The minimum Gasteiger partial charge on any atom is -0.478 e. The highest BCUT2D eigenvalue weighted by Crippen LogP contribution is 2.35. The van der Waals surface area contributed by atoms with Crippen LogP contribution in [0, 0.1) is 5.82 Å². The van der Waals surface area contributed by atoms with Crippen LogP contribution in [0.1, 0.15) is 15.9 Å². The molecule has 1 amide bonds. The molecule has 1 aliphatic heterocycles. The van der Waals surface area contributed by atoms with Gasteiger partial charge in [0.2, 0.25) is 5.88 Å². The van der Waals surface area contributed by atoms with Crippen molar-refractivity contribution in [3.63, 3.8) is 0 Å². The van der Waals surface area contributed by atoms with E-state index in [9.17, 15) is 22.4 Å². The van der Waals surface area contributed by atoms with Crippen molar-refractivity contribution in [2.45, 2.75) is 31.9 Å². The highest BCUT2D eigenvalue weighted by atomic mass is 28.3. The zero-order chi connectivity index (χ0) is 25.1. The zero-order valence-electron chi connectivity index (χ0n) is 19.8. The Morgan fingerprint density at radius 1 is 1.15 bits per heavy atom. The number of aromatic nitrogens is 1. The number of nitrogens with zero attached hydrogens (tertiary/aromatic N) is 3. The number of piperazine rings is 1. The van der Waals surface area contributed by atoms with Crippen LogP contribution in [-0.2, 0) is 6.18 Å². The van der Waals surface area contributed by atoms with E-state index in [2.05, 4.69) is 34.8 Å². The number of halogens is 4. The van der Waals surface area contributed by atoms with Gasteiger partial charge in [-0.1, -0.05) is 19.6 Å². The van der Waals surface area contributed by atoms with Crippen LogP contribution in [0.15, 0.2) is 30.5 Å². The number of benzene rings is 1. The lowest BCUT2D eigenvalue weighted by Gasteiger charge is -2.35. The Morgan fingerprint density at radius 2 is 1.82 bits per heavy atom. The topological polar surface area (TPSA) is 57.7 Å². The van der Waals surface area contributed by atoms with Crippen molar-refractivity contribution in [3.05, 3.63) is 47.4 Å². The van der Waals surface area contributed by atoms with Gasteiger partial charge in [0.05, 0.1) is 29.1 Å². The van der Waals surface area contributed by atoms with Gasteiger partial charge in [-0.15, -0.1) is 0 Å². The second-order valence-corrected chi connectivity index (χ2v) is 15.3. The normalized spacial score (nSPS) is 15.4. The molecule has 3 rings (SSSR count). The van der Waals surface area contributed by atoms with E-state index in [1.165, 1.54) is 12.1 Å². The number of anilines is 2. The van der Waals surface area contributed by atoms with Crippen LogP contribution in [0.5, 0.6) is 5.88 Å². The van der Waals surface area contributed by atoms with Crippen LogP contribution in [0.4, 0.5) is 28.9 Å². The minimum atomic E-state index is -4.78. The average molecular weight is 499 g/mol. The van der Waals surface area contributed by atoms with Gasteiger partial charge in [0.1, 0.15) is 5.82 Å². The van der Waals surface area contributed by atoms with E-state index < -0.39 is 37.1 Å². The van der Waals surface area contributed by atoms with Crippen molar-refractivity contribution in [2.24, 2.45) is 0 Å². The van der Waals surface area contributed by atoms with Gasteiger partial charge in [0, 0.05) is 46.5 Å². The van der Waals surface area contributed by atoms with Gasteiger partial charge in [-0.05, 0) is 31.3 Å². The predicted octanol–water partition coefficient (Wildman–Crippen LogP) is 4.96. The monoisotopic (exact) mass is 498 g/mol. The van der Waals surface area contributed by atoms with Gasteiger partial charge in [-0.25, -0.2) is 9.37 Å². The second kappa shape index (κ2) is 10.3. The van der Waals surface area contributed by atoms with Crippen LogP contribution >= 0.6 is 0 Å². The quantitative estimate of drug-likeness (QED) is 0.432. The van der Waals surface area contributed by atoms with Gasteiger partial charge in [0.15, 0.2) is 0 Å². The number of carbonyl (C=O) groups excluding carboxylic acids is 1. The van der Waals surface area contributed by atoms with Crippen LogP contribution in [0.2, 0.25) is 25.7 Å². The molecule has 2 aromatic rings. The van der Waals surface area contributed by atoms with Gasteiger partial charge < -0.3 is 19.9 Å². The van der Waals surface area contributed by atoms with E-state index in [0.29, 0.717) is 18.8 Å². The molecule has 1 aromatic carbocycles. The average Bonchev–Trinajstić information content (AvgIpc) is 2.74. The van der Waals surface area contributed by atoms with Crippen LogP contribution in [0.3, 0.4) is 0 Å². The highest BCUT2D eigenvalue weighted by molar-refractivity contribution is 6.76. The third-order valence-corrected chi connectivity index (χ3v) is 7.29. The molecule has 186 valence electrons. The summed E-state index contributed by atoms with van der Waals surface area (Å²) in [7, 11) is 0.534. The molecule has 0 bridgehead atoms. The molecule has 2 heterocycles. The number of amides is 1. The fraction of sp³-hybridized carbons (Fsp3) is 0.478. The molecule has 1 N–H and O–H groups in total. The van der Waals surface area contributed by atoms with Gasteiger partial charge in [-0.2, -0.15) is 13.2 Å². The standard InChI is InChI=1S/C23H30F4N4O2Si/c1-30-7-9-31(10-8-30)20-13-16(24)5-6-19(20)29-22(32)17-15-28-21(14-18(17)23(25,26)27)33-11-12-34(2,3)4/h5-6,13-15H,7-12H2,1-4H3,(H,29,32). The third kappa shape index (κ3) is 6.92.